The zero-order valence-corrected chi connectivity index (χ0v) is 52.6. The Morgan fingerprint density at radius 1 is 0.263 bits per heavy atom. The van der Waals surface area contributed by atoms with E-state index >= 15 is 0 Å². The first kappa shape index (κ1) is 76.1. The Morgan fingerprint density at radius 2 is 0.487 bits per heavy atom. The molecule has 0 aliphatic rings. The van der Waals surface area contributed by atoms with Crippen molar-refractivity contribution in [3.05, 3.63) is 109 Å². The van der Waals surface area contributed by atoms with Gasteiger partial charge in [-0.25, -0.2) is 0 Å². The summed E-state index contributed by atoms with van der Waals surface area (Å²) in [6.07, 6.45) is 92.8. The van der Waals surface area contributed by atoms with Gasteiger partial charge in [-0.3, -0.25) is 14.4 Å². The molecule has 0 aliphatic carbocycles. The highest BCUT2D eigenvalue weighted by molar-refractivity contribution is 5.71. The van der Waals surface area contributed by atoms with Crippen LogP contribution in [-0.2, 0) is 28.6 Å². The molecule has 0 amide bonds. The minimum absolute atomic E-state index is 0.0805. The van der Waals surface area contributed by atoms with Gasteiger partial charge in [0.1, 0.15) is 13.2 Å². The third kappa shape index (κ3) is 64.9. The van der Waals surface area contributed by atoms with Crippen LogP contribution in [0.1, 0.15) is 323 Å². The lowest BCUT2D eigenvalue weighted by atomic mass is 10.0. The molecule has 0 radical (unpaired) electrons. The summed E-state index contributed by atoms with van der Waals surface area (Å²) in [5.74, 6) is -0.891. The Balaban J connectivity index is 4.09. The lowest BCUT2D eigenvalue weighted by molar-refractivity contribution is -0.167. The van der Waals surface area contributed by atoms with Crippen LogP contribution in [0.3, 0.4) is 0 Å². The van der Waals surface area contributed by atoms with E-state index in [-0.39, 0.29) is 31.1 Å². The van der Waals surface area contributed by atoms with Crippen molar-refractivity contribution in [3.8, 4) is 0 Å². The molecule has 1 atom stereocenters. The van der Waals surface area contributed by atoms with Crippen LogP contribution in [0.4, 0.5) is 0 Å². The van der Waals surface area contributed by atoms with Crippen molar-refractivity contribution in [3.63, 3.8) is 0 Å². The normalized spacial score (nSPS) is 12.8. The van der Waals surface area contributed by atoms with Crippen molar-refractivity contribution in [2.45, 2.75) is 329 Å². The Morgan fingerprint density at radius 3 is 0.762 bits per heavy atom. The van der Waals surface area contributed by atoms with Crippen LogP contribution in [0.2, 0.25) is 0 Å². The van der Waals surface area contributed by atoms with E-state index in [4.69, 9.17) is 14.2 Å². The van der Waals surface area contributed by atoms with Crippen molar-refractivity contribution < 1.29 is 28.6 Å². The molecule has 0 heterocycles. The predicted octanol–water partition coefficient (Wildman–Crippen LogP) is 23.4. The summed E-state index contributed by atoms with van der Waals surface area (Å²) < 4.78 is 16.8. The number of carbonyl (C=O) groups is 3. The summed E-state index contributed by atoms with van der Waals surface area (Å²) in [6, 6.07) is 0. The number of carbonyl (C=O) groups excluding carboxylic acids is 3. The summed E-state index contributed by atoms with van der Waals surface area (Å²) in [5, 5.41) is 0. The molecule has 0 spiro atoms. The van der Waals surface area contributed by atoms with Crippen LogP contribution in [-0.4, -0.2) is 37.2 Å². The van der Waals surface area contributed by atoms with Crippen LogP contribution in [0.15, 0.2) is 109 Å². The number of unbranched alkanes of at least 4 members (excludes halogenated alkanes) is 32. The van der Waals surface area contributed by atoms with Crippen molar-refractivity contribution in [2.75, 3.05) is 13.2 Å². The van der Waals surface area contributed by atoms with Gasteiger partial charge in [0, 0.05) is 19.3 Å². The summed E-state index contributed by atoms with van der Waals surface area (Å²) >= 11 is 0. The first-order chi connectivity index (χ1) is 39.5. The minimum atomic E-state index is -0.782. The fourth-order valence-corrected chi connectivity index (χ4v) is 9.45. The van der Waals surface area contributed by atoms with Gasteiger partial charge in [-0.05, 0) is 109 Å². The molecule has 6 nitrogen and oxygen atoms in total. The molecule has 0 fully saturated rings. The Kier molecular flexibility index (Phi) is 64.3. The molecule has 458 valence electrons. The highest BCUT2D eigenvalue weighted by Crippen LogP contribution is 2.16. The molecule has 0 aromatic carbocycles. The van der Waals surface area contributed by atoms with Gasteiger partial charge in [0.25, 0.3) is 0 Å². The number of allylic oxidation sites excluding steroid dienone is 18. The average Bonchev–Trinajstić information content (AvgIpc) is 3.46. The molecule has 0 saturated carbocycles. The van der Waals surface area contributed by atoms with E-state index in [1.807, 2.05) is 0 Å². The second kappa shape index (κ2) is 67.6. The average molecular weight is 1110 g/mol. The molecule has 80 heavy (non-hydrogen) atoms. The number of esters is 3. The van der Waals surface area contributed by atoms with Crippen LogP contribution in [0.25, 0.3) is 0 Å². The van der Waals surface area contributed by atoms with Crippen LogP contribution >= 0.6 is 0 Å². The SMILES string of the molecule is CC/C=C\C/C=C\C/C=C\C/C=C\C/C=C\C/C=C\CCCCCCCCCCC(=O)OC(COC(=O)CCCCCCCC)COC(=O)CCCCCCCCCCCCCCCC/C=C\C/C=C\C/C=C\CCCCCCC. The molecule has 6 heteroatoms. The molecule has 0 rings (SSSR count). The molecule has 0 aromatic heterocycles. The third-order valence-electron chi connectivity index (χ3n) is 14.5. The molecule has 0 aromatic rings. The van der Waals surface area contributed by atoms with Gasteiger partial charge in [-0.15, -0.1) is 0 Å². The van der Waals surface area contributed by atoms with E-state index in [2.05, 4.69) is 130 Å². The van der Waals surface area contributed by atoms with Gasteiger partial charge in [0.05, 0.1) is 0 Å². The molecule has 0 aliphatic heterocycles. The summed E-state index contributed by atoms with van der Waals surface area (Å²) in [5.41, 5.74) is 0. The fourth-order valence-electron chi connectivity index (χ4n) is 9.45. The molecule has 0 saturated heterocycles. The van der Waals surface area contributed by atoms with Crippen molar-refractivity contribution in [1.29, 1.82) is 0 Å². The number of hydrogen-bond donors (Lipinski definition) is 0. The van der Waals surface area contributed by atoms with E-state index in [1.165, 1.54) is 167 Å². The summed E-state index contributed by atoms with van der Waals surface area (Å²) in [7, 11) is 0. The summed E-state index contributed by atoms with van der Waals surface area (Å²) in [6.45, 7) is 6.47. The topological polar surface area (TPSA) is 78.9 Å². The maximum absolute atomic E-state index is 12.9. The predicted molar refractivity (Wildman–Crippen MR) is 348 cm³/mol. The third-order valence-corrected chi connectivity index (χ3v) is 14.5. The Hall–Kier alpha value is -3.93. The van der Waals surface area contributed by atoms with Gasteiger partial charge >= 0.3 is 17.9 Å². The maximum atomic E-state index is 12.9. The second-order valence-corrected chi connectivity index (χ2v) is 22.4. The number of hydrogen-bond acceptors (Lipinski definition) is 6. The zero-order chi connectivity index (χ0) is 57.8. The lowest BCUT2D eigenvalue weighted by Crippen LogP contribution is -2.30. The van der Waals surface area contributed by atoms with E-state index in [0.29, 0.717) is 19.3 Å². The minimum Gasteiger partial charge on any atom is -0.462 e. The Labute approximate surface area is 495 Å². The van der Waals surface area contributed by atoms with Gasteiger partial charge in [-0.2, -0.15) is 0 Å². The molecular weight excluding hydrogens is 985 g/mol. The largest absolute Gasteiger partial charge is 0.462 e. The standard InChI is InChI=1S/C74H126O6/c1-4-7-10-13-16-18-20-22-24-26-28-30-32-34-36-37-39-40-42-44-46-48-50-52-54-56-58-61-64-67-73(76)79-70-71(69-78-72(75)66-63-60-15-12-9-6-3)80-74(77)68-65-62-59-57-55-53-51-49-47-45-43-41-38-35-33-31-29-27-25-23-21-19-17-14-11-8-5-2/h8,11,17,19-20,22-23,25-26,28-29,31-32,34-35,38,43,45,71H,4-7,9-10,12-16,18,21,24,27,30,33,36-37,39-42,44,46-70H2,1-3H3/b11-8-,19-17-,22-20-,25-23-,28-26-,31-29-,34-32-,38-35-,45-43-. The molecule has 1 unspecified atom stereocenters. The highest BCUT2D eigenvalue weighted by Gasteiger charge is 2.19. The quantitative estimate of drug-likeness (QED) is 0.0261. The summed E-state index contributed by atoms with van der Waals surface area (Å²) in [4.78, 5) is 38.1. The molecule has 0 bridgehead atoms. The molecular formula is C74H126O6. The van der Waals surface area contributed by atoms with Gasteiger partial charge in [-0.1, -0.05) is 304 Å². The maximum Gasteiger partial charge on any atom is 0.306 e. The Bertz CT molecular complexity index is 1610. The van der Waals surface area contributed by atoms with Gasteiger partial charge in [0.15, 0.2) is 6.10 Å². The smallest absolute Gasteiger partial charge is 0.306 e. The second-order valence-electron chi connectivity index (χ2n) is 22.4. The van der Waals surface area contributed by atoms with Crippen molar-refractivity contribution in [2.24, 2.45) is 0 Å². The first-order valence-corrected chi connectivity index (χ1v) is 33.9. The zero-order valence-electron chi connectivity index (χ0n) is 52.6. The van der Waals surface area contributed by atoms with Crippen LogP contribution < -0.4 is 0 Å². The highest BCUT2D eigenvalue weighted by atomic mass is 16.6. The fraction of sp³-hybridized carbons (Fsp3) is 0.716. The van der Waals surface area contributed by atoms with E-state index in [9.17, 15) is 14.4 Å². The lowest BCUT2D eigenvalue weighted by Gasteiger charge is -2.18. The van der Waals surface area contributed by atoms with Crippen LogP contribution in [0, 0.1) is 0 Å². The van der Waals surface area contributed by atoms with E-state index < -0.39 is 6.10 Å². The number of ether oxygens (including phenoxy) is 3. The van der Waals surface area contributed by atoms with Crippen molar-refractivity contribution >= 4 is 17.9 Å². The van der Waals surface area contributed by atoms with E-state index in [0.717, 1.165) is 116 Å². The van der Waals surface area contributed by atoms with E-state index in [1.54, 1.807) is 0 Å². The van der Waals surface area contributed by atoms with Crippen LogP contribution in [0.5, 0.6) is 0 Å². The van der Waals surface area contributed by atoms with Gasteiger partial charge in [0.2, 0.25) is 0 Å². The van der Waals surface area contributed by atoms with Crippen molar-refractivity contribution in [1.82, 2.24) is 0 Å². The first-order valence-electron chi connectivity index (χ1n) is 33.9. The monoisotopic (exact) mass is 1110 g/mol. The number of rotatable bonds is 61. The molecule has 0 N–H and O–H groups in total. The van der Waals surface area contributed by atoms with Gasteiger partial charge < -0.3 is 14.2 Å².